The van der Waals surface area contributed by atoms with E-state index in [0.717, 1.165) is 12.8 Å². The van der Waals surface area contributed by atoms with E-state index in [1.54, 1.807) is 21.9 Å². The Morgan fingerprint density at radius 3 is 2.65 bits per heavy atom. The molecule has 2 saturated heterocycles. The Labute approximate surface area is 153 Å². The summed E-state index contributed by atoms with van der Waals surface area (Å²) in [4.78, 5) is 28.7. The second-order valence-electron chi connectivity index (χ2n) is 6.93. The van der Waals surface area contributed by atoms with Crippen molar-refractivity contribution in [1.29, 1.82) is 0 Å². The fraction of sp³-hybridized carbons (Fsp3) is 0.579. The van der Waals surface area contributed by atoms with Crippen molar-refractivity contribution in [2.75, 3.05) is 32.7 Å². The average molecular weight is 363 g/mol. The van der Waals surface area contributed by atoms with Gasteiger partial charge in [-0.2, -0.15) is 0 Å². The van der Waals surface area contributed by atoms with Crippen LogP contribution in [0.1, 0.15) is 24.8 Å². The highest BCUT2D eigenvalue weighted by Crippen LogP contribution is 2.21. The van der Waals surface area contributed by atoms with Gasteiger partial charge in [0.2, 0.25) is 5.91 Å². The molecule has 0 unspecified atom stereocenters. The van der Waals surface area contributed by atoms with Gasteiger partial charge < -0.3 is 20.3 Å². The number of hydrogen-bond acceptors (Lipinski definition) is 4. The Morgan fingerprint density at radius 1 is 1.15 bits per heavy atom. The van der Waals surface area contributed by atoms with Gasteiger partial charge in [0.1, 0.15) is 11.9 Å². The number of carbonyl (C=O) groups is 2. The van der Waals surface area contributed by atoms with E-state index in [1.807, 2.05) is 0 Å². The molecule has 2 atom stereocenters. The van der Waals surface area contributed by atoms with E-state index < -0.39 is 6.10 Å². The van der Waals surface area contributed by atoms with Crippen LogP contribution < -0.4 is 5.73 Å². The molecule has 2 amide bonds. The number of amides is 2. The molecule has 0 saturated carbocycles. The normalized spacial score (nSPS) is 23.8. The van der Waals surface area contributed by atoms with Crippen LogP contribution in [0.3, 0.4) is 0 Å². The molecule has 2 aliphatic rings. The van der Waals surface area contributed by atoms with E-state index in [0.29, 0.717) is 44.7 Å². The van der Waals surface area contributed by atoms with Gasteiger partial charge in [0.15, 0.2) is 0 Å². The summed E-state index contributed by atoms with van der Waals surface area (Å²) in [6, 6.07) is 6.11. The van der Waals surface area contributed by atoms with Crippen LogP contribution >= 0.6 is 0 Å². The summed E-state index contributed by atoms with van der Waals surface area (Å²) < 4.78 is 19.0. The monoisotopic (exact) mass is 363 g/mol. The van der Waals surface area contributed by atoms with Gasteiger partial charge in [-0.1, -0.05) is 12.1 Å². The summed E-state index contributed by atoms with van der Waals surface area (Å²) >= 11 is 0. The number of nitrogens with zero attached hydrogens (tertiary/aromatic N) is 2. The summed E-state index contributed by atoms with van der Waals surface area (Å²) in [5.74, 6) is -0.374. The van der Waals surface area contributed by atoms with E-state index in [1.165, 1.54) is 12.1 Å². The summed E-state index contributed by atoms with van der Waals surface area (Å²) in [6.07, 6.45) is 2.00. The first-order valence-electron chi connectivity index (χ1n) is 9.23. The molecule has 0 aliphatic carbocycles. The lowest BCUT2D eigenvalue weighted by Gasteiger charge is -2.24. The molecular weight excluding hydrogens is 337 g/mol. The van der Waals surface area contributed by atoms with Gasteiger partial charge in [0.25, 0.3) is 5.91 Å². The standard InChI is InChI=1S/C19H26FN3O3/c20-15-4-1-3-14(11-15)12-18(24)22-7-2-8-23(10-9-22)19(25)17-6-5-16(13-21)26-17/h1,3-4,11,16-17H,2,5-10,12-13,21H2/t16-,17+/m1/s1. The molecule has 142 valence electrons. The highest BCUT2D eigenvalue weighted by atomic mass is 19.1. The number of nitrogens with two attached hydrogens (primary N) is 1. The average Bonchev–Trinajstić information content (AvgIpc) is 2.97. The SMILES string of the molecule is NC[C@H]1CC[C@@H](C(=O)N2CCCN(C(=O)Cc3cccc(F)c3)CC2)O1. The number of ether oxygens (including phenoxy) is 1. The van der Waals surface area contributed by atoms with Crippen molar-refractivity contribution in [3.05, 3.63) is 35.6 Å². The molecule has 7 heteroatoms. The molecule has 2 heterocycles. The first-order valence-corrected chi connectivity index (χ1v) is 9.23. The second kappa shape index (κ2) is 8.60. The molecule has 26 heavy (non-hydrogen) atoms. The Morgan fingerprint density at radius 2 is 1.92 bits per heavy atom. The summed E-state index contributed by atoms with van der Waals surface area (Å²) in [6.45, 7) is 2.66. The molecule has 0 bridgehead atoms. The third-order valence-electron chi connectivity index (χ3n) is 5.05. The largest absolute Gasteiger partial charge is 0.364 e. The van der Waals surface area contributed by atoms with Crippen LogP contribution in [-0.2, 0) is 20.7 Å². The molecule has 6 nitrogen and oxygen atoms in total. The number of hydrogen-bond donors (Lipinski definition) is 1. The van der Waals surface area contributed by atoms with E-state index >= 15 is 0 Å². The molecule has 0 spiro atoms. The number of carbonyl (C=O) groups excluding carboxylic acids is 2. The second-order valence-corrected chi connectivity index (χ2v) is 6.93. The minimum Gasteiger partial charge on any atom is -0.364 e. The van der Waals surface area contributed by atoms with Crippen molar-refractivity contribution in [2.45, 2.75) is 37.9 Å². The van der Waals surface area contributed by atoms with Crippen LogP contribution in [-0.4, -0.2) is 66.5 Å². The van der Waals surface area contributed by atoms with Crippen LogP contribution in [0.2, 0.25) is 0 Å². The van der Waals surface area contributed by atoms with Crippen LogP contribution in [0.5, 0.6) is 0 Å². The van der Waals surface area contributed by atoms with E-state index in [-0.39, 0.29) is 30.2 Å². The topological polar surface area (TPSA) is 75.9 Å². The fourth-order valence-corrected chi connectivity index (χ4v) is 3.58. The lowest BCUT2D eigenvalue weighted by atomic mass is 10.1. The van der Waals surface area contributed by atoms with Crippen molar-refractivity contribution in [3.8, 4) is 0 Å². The highest BCUT2D eigenvalue weighted by Gasteiger charge is 2.33. The quantitative estimate of drug-likeness (QED) is 0.864. The number of halogens is 1. The Bertz CT molecular complexity index is 655. The van der Waals surface area contributed by atoms with Crippen LogP contribution in [0.15, 0.2) is 24.3 Å². The maximum absolute atomic E-state index is 13.3. The van der Waals surface area contributed by atoms with E-state index in [4.69, 9.17) is 10.5 Å². The predicted molar refractivity (Wildman–Crippen MR) is 94.8 cm³/mol. The van der Waals surface area contributed by atoms with Gasteiger partial charge in [-0.25, -0.2) is 4.39 Å². The van der Waals surface area contributed by atoms with E-state index in [2.05, 4.69) is 0 Å². The highest BCUT2D eigenvalue weighted by molar-refractivity contribution is 5.82. The van der Waals surface area contributed by atoms with Gasteiger partial charge >= 0.3 is 0 Å². The Balaban J connectivity index is 1.53. The molecule has 2 N–H and O–H groups in total. The van der Waals surface area contributed by atoms with Crippen molar-refractivity contribution >= 4 is 11.8 Å². The predicted octanol–water partition coefficient (Wildman–Crippen LogP) is 0.935. The van der Waals surface area contributed by atoms with E-state index in [9.17, 15) is 14.0 Å². The van der Waals surface area contributed by atoms with Gasteiger partial charge in [0, 0.05) is 32.7 Å². The maximum atomic E-state index is 13.3. The minimum absolute atomic E-state index is 0.000351. The van der Waals surface area contributed by atoms with Crippen molar-refractivity contribution in [2.24, 2.45) is 5.73 Å². The first-order chi connectivity index (χ1) is 12.6. The van der Waals surface area contributed by atoms with Crippen LogP contribution in [0.25, 0.3) is 0 Å². The summed E-state index contributed by atoms with van der Waals surface area (Å²) in [5, 5.41) is 0. The molecular formula is C19H26FN3O3. The summed E-state index contributed by atoms with van der Waals surface area (Å²) in [7, 11) is 0. The van der Waals surface area contributed by atoms with Crippen LogP contribution in [0, 0.1) is 5.82 Å². The lowest BCUT2D eigenvalue weighted by molar-refractivity contribution is -0.143. The molecule has 1 aromatic rings. The molecule has 2 fully saturated rings. The zero-order valence-electron chi connectivity index (χ0n) is 14.9. The Kier molecular flexibility index (Phi) is 6.21. The van der Waals surface area contributed by atoms with Gasteiger partial charge in [-0.05, 0) is 37.0 Å². The lowest BCUT2D eigenvalue weighted by Crippen LogP contribution is -2.42. The molecule has 1 aromatic carbocycles. The van der Waals surface area contributed by atoms with Crippen molar-refractivity contribution in [3.63, 3.8) is 0 Å². The maximum Gasteiger partial charge on any atom is 0.251 e. The Hall–Kier alpha value is -1.99. The van der Waals surface area contributed by atoms with Gasteiger partial charge in [-0.15, -0.1) is 0 Å². The smallest absolute Gasteiger partial charge is 0.251 e. The third-order valence-corrected chi connectivity index (χ3v) is 5.05. The van der Waals surface area contributed by atoms with Crippen molar-refractivity contribution in [1.82, 2.24) is 9.80 Å². The third kappa shape index (κ3) is 4.59. The zero-order valence-corrected chi connectivity index (χ0v) is 14.9. The molecule has 0 aromatic heterocycles. The zero-order chi connectivity index (χ0) is 18.5. The molecule has 0 radical (unpaired) electrons. The fourth-order valence-electron chi connectivity index (χ4n) is 3.58. The van der Waals surface area contributed by atoms with Crippen molar-refractivity contribution < 1.29 is 18.7 Å². The molecule has 3 rings (SSSR count). The van der Waals surface area contributed by atoms with Gasteiger partial charge in [0.05, 0.1) is 12.5 Å². The number of benzene rings is 1. The number of rotatable bonds is 4. The first kappa shape index (κ1) is 18.8. The molecule has 2 aliphatic heterocycles. The summed E-state index contributed by atoms with van der Waals surface area (Å²) in [5.41, 5.74) is 6.27. The minimum atomic E-state index is -0.405. The van der Waals surface area contributed by atoms with Crippen LogP contribution in [0.4, 0.5) is 4.39 Å². The van der Waals surface area contributed by atoms with Gasteiger partial charge in [-0.3, -0.25) is 9.59 Å².